The van der Waals surface area contributed by atoms with Gasteiger partial charge in [0.25, 0.3) is 11.8 Å². The molecule has 7 rings (SSSR count). The summed E-state index contributed by atoms with van der Waals surface area (Å²) in [6.45, 7) is 5.66. The molecule has 0 saturated heterocycles. The zero-order chi connectivity index (χ0) is 38.3. The first-order chi connectivity index (χ1) is 26.7. The van der Waals surface area contributed by atoms with E-state index >= 15 is 0 Å². The quantitative estimate of drug-likeness (QED) is 0.0785. The van der Waals surface area contributed by atoms with Crippen LogP contribution in [0, 0.1) is 13.8 Å². The third-order valence-corrected chi connectivity index (χ3v) is 8.97. The summed E-state index contributed by atoms with van der Waals surface area (Å²) >= 11 is 7.02. The van der Waals surface area contributed by atoms with Crippen molar-refractivity contribution < 1.29 is 23.8 Å². The maximum Gasteiger partial charge on any atom is 0.344 e. The lowest BCUT2D eigenvalue weighted by atomic mass is 10.1. The second kappa shape index (κ2) is 16.4. The number of carbonyl (C=O) groups is 2. The molecule has 0 spiro atoms. The first kappa shape index (κ1) is 36.5. The third-order valence-electron chi connectivity index (χ3n) is 8.61. The molecule has 0 fully saturated rings. The van der Waals surface area contributed by atoms with Gasteiger partial charge in [-0.3, -0.25) is 4.79 Å². The van der Waals surface area contributed by atoms with E-state index in [0.29, 0.717) is 50.5 Å². The van der Waals surface area contributed by atoms with Crippen LogP contribution in [0.25, 0.3) is 28.5 Å². The first-order valence-electron chi connectivity index (χ1n) is 17.5. The normalized spacial score (nSPS) is 11.4. The number of aryl methyl sites for hydroxylation is 2. The Balaban J connectivity index is 1.27. The summed E-state index contributed by atoms with van der Waals surface area (Å²) in [5.74, 6) is 0.747. The van der Waals surface area contributed by atoms with Gasteiger partial charge in [0.15, 0.2) is 18.7 Å². The Labute approximate surface area is 322 Å². The maximum atomic E-state index is 13.6. The number of ether oxygens (including phenoxy) is 3. The molecule has 55 heavy (non-hydrogen) atoms. The number of imidazole rings is 1. The molecule has 7 aromatic rings. The number of benzene rings is 5. The summed E-state index contributed by atoms with van der Waals surface area (Å²) in [7, 11) is 0. The van der Waals surface area contributed by atoms with E-state index in [1.807, 2.05) is 92.7 Å². The summed E-state index contributed by atoms with van der Waals surface area (Å²) in [4.78, 5) is 35.1. The number of aromatic amines is 1. The van der Waals surface area contributed by atoms with Crippen LogP contribution in [0.5, 0.6) is 17.4 Å². The van der Waals surface area contributed by atoms with Crippen molar-refractivity contribution in [2.24, 2.45) is 0 Å². The number of nitrogens with one attached hydrogen (secondary N) is 3. The highest BCUT2D eigenvalue weighted by molar-refractivity contribution is 6.35. The molecule has 2 aromatic heterocycles. The smallest absolute Gasteiger partial charge is 0.344 e. The molecule has 11 nitrogen and oxygen atoms in total. The van der Waals surface area contributed by atoms with E-state index in [1.165, 1.54) is 4.68 Å². The van der Waals surface area contributed by atoms with Crippen molar-refractivity contribution >= 4 is 35.0 Å². The summed E-state index contributed by atoms with van der Waals surface area (Å²) < 4.78 is 19.4. The Hall–Kier alpha value is -6.85. The van der Waals surface area contributed by atoms with Crippen LogP contribution < -0.4 is 24.8 Å². The molecule has 0 radical (unpaired) electrons. The van der Waals surface area contributed by atoms with Gasteiger partial charge in [-0.15, -0.1) is 0 Å². The van der Waals surface area contributed by atoms with Crippen LogP contribution in [-0.4, -0.2) is 44.5 Å². The Morgan fingerprint density at radius 1 is 0.855 bits per heavy atom. The van der Waals surface area contributed by atoms with Gasteiger partial charge in [-0.1, -0.05) is 114 Å². The van der Waals surface area contributed by atoms with Crippen LogP contribution in [-0.2, 0) is 4.79 Å². The van der Waals surface area contributed by atoms with E-state index in [4.69, 9.17) is 35.9 Å². The molecular weight excluding hydrogens is 716 g/mol. The largest absolute Gasteiger partial charge is 0.481 e. The van der Waals surface area contributed by atoms with Gasteiger partial charge in [0.2, 0.25) is 5.95 Å². The van der Waals surface area contributed by atoms with Gasteiger partial charge in [0.05, 0.1) is 11.3 Å². The average molecular weight is 753 g/mol. The molecule has 1 unspecified atom stereocenters. The molecule has 0 bridgehead atoms. The fraction of sp³-hybridized carbons (Fsp3) is 0.116. The van der Waals surface area contributed by atoms with E-state index in [2.05, 4.69) is 15.6 Å². The Morgan fingerprint density at radius 3 is 2.25 bits per heavy atom. The zero-order valence-electron chi connectivity index (χ0n) is 30.2. The number of amides is 1. The first-order valence-corrected chi connectivity index (χ1v) is 17.9. The highest BCUT2D eigenvalue weighted by atomic mass is 35.5. The average Bonchev–Trinajstić information content (AvgIpc) is 3.77. The SMILES string of the molecule is Cc1ccc(OC(C)C(=O)Nc2ccccc2-c2[nH]c(-n3nc(-c4ccccc4)c(Cl)c3NCOc3ccccc3)nc2OC(=O)c2ccccc2)c(C)c1. The van der Waals surface area contributed by atoms with Crippen molar-refractivity contribution in [1.29, 1.82) is 0 Å². The van der Waals surface area contributed by atoms with E-state index < -0.39 is 12.1 Å². The number of halogens is 1. The molecule has 1 amide bonds. The standard InChI is InChI=1S/C43H37ClN6O5/c1-27-23-24-35(28(2)25-27)54-29(3)40(51)46-34-22-14-13-21-33(34)38-41(55-42(52)31-17-9-5-10-18-31)48-43(47-38)50-39(45-26-53-32-19-11-6-12-20-32)36(44)37(49-50)30-15-7-4-8-16-30/h4-25,29,45H,26H2,1-3H3,(H,46,51)(H,47,48). The van der Waals surface area contributed by atoms with Crippen LogP contribution in [0.3, 0.4) is 0 Å². The minimum Gasteiger partial charge on any atom is -0.481 e. The Bertz CT molecular complexity index is 2430. The van der Waals surface area contributed by atoms with E-state index in [-0.39, 0.29) is 24.5 Å². The fourth-order valence-corrected chi connectivity index (χ4v) is 6.13. The number of hydrogen-bond donors (Lipinski definition) is 3. The predicted octanol–water partition coefficient (Wildman–Crippen LogP) is 9.27. The van der Waals surface area contributed by atoms with E-state index in [9.17, 15) is 9.59 Å². The summed E-state index contributed by atoms with van der Waals surface area (Å²) in [5.41, 5.74) is 4.81. The molecule has 5 aromatic carbocycles. The lowest BCUT2D eigenvalue weighted by molar-refractivity contribution is -0.122. The number of anilines is 2. The van der Waals surface area contributed by atoms with Crippen LogP contribution in [0.15, 0.2) is 133 Å². The van der Waals surface area contributed by atoms with Gasteiger partial charge in [-0.05, 0) is 62.7 Å². The van der Waals surface area contributed by atoms with Crippen molar-refractivity contribution in [2.45, 2.75) is 26.9 Å². The van der Waals surface area contributed by atoms with Gasteiger partial charge in [0, 0.05) is 11.1 Å². The van der Waals surface area contributed by atoms with Crippen molar-refractivity contribution in [1.82, 2.24) is 19.7 Å². The molecule has 3 N–H and O–H groups in total. The molecular formula is C43H37ClN6O5. The molecule has 0 aliphatic heterocycles. The van der Waals surface area contributed by atoms with Crippen LogP contribution in [0.4, 0.5) is 11.5 Å². The van der Waals surface area contributed by atoms with Crippen molar-refractivity contribution in [3.63, 3.8) is 0 Å². The van der Waals surface area contributed by atoms with Gasteiger partial charge < -0.3 is 29.8 Å². The number of nitrogens with zero attached hydrogens (tertiary/aromatic N) is 3. The molecule has 0 saturated carbocycles. The number of hydrogen-bond acceptors (Lipinski definition) is 8. The highest BCUT2D eigenvalue weighted by Crippen LogP contribution is 2.38. The molecule has 1 atom stereocenters. The number of carbonyl (C=O) groups excluding carboxylic acids is 2. The number of rotatable bonds is 13. The lowest BCUT2D eigenvalue weighted by Crippen LogP contribution is -2.30. The summed E-state index contributed by atoms with van der Waals surface area (Å²) in [6.07, 6.45) is -0.837. The van der Waals surface area contributed by atoms with Crippen molar-refractivity contribution in [2.75, 3.05) is 17.4 Å². The number of esters is 1. The minimum atomic E-state index is -0.837. The van der Waals surface area contributed by atoms with E-state index in [0.717, 1.165) is 16.7 Å². The van der Waals surface area contributed by atoms with Crippen molar-refractivity contribution in [3.05, 3.63) is 155 Å². The summed E-state index contributed by atoms with van der Waals surface area (Å²) in [5, 5.41) is 11.4. The number of aromatic nitrogens is 4. The lowest BCUT2D eigenvalue weighted by Gasteiger charge is -2.18. The maximum absolute atomic E-state index is 13.6. The van der Waals surface area contributed by atoms with Gasteiger partial charge >= 0.3 is 5.97 Å². The number of H-pyrrole nitrogens is 1. The molecule has 0 aliphatic carbocycles. The van der Waals surface area contributed by atoms with Gasteiger partial charge in [-0.25, -0.2) is 4.79 Å². The summed E-state index contributed by atoms with van der Waals surface area (Å²) in [6, 6.07) is 40.3. The van der Waals surface area contributed by atoms with Gasteiger partial charge in [-0.2, -0.15) is 14.8 Å². The number of para-hydroxylation sites is 2. The molecule has 12 heteroatoms. The third kappa shape index (κ3) is 8.37. The van der Waals surface area contributed by atoms with Crippen LogP contribution in [0.2, 0.25) is 5.02 Å². The second-order valence-electron chi connectivity index (χ2n) is 12.6. The second-order valence-corrected chi connectivity index (χ2v) is 13.0. The van der Waals surface area contributed by atoms with Crippen LogP contribution in [0.1, 0.15) is 28.4 Å². The van der Waals surface area contributed by atoms with Crippen LogP contribution >= 0.6 is 11.6 Å². The Kier molecular flexibility index (Phi) is 10.9. The molecule has 2 heterocycles. The van der Waals surface area contributed by atoms with Crippen molar-refractivity contribution in [3.8, 4) is 45.8 Å². The fourth-order valence-electron chi connectivity index (χ4n) is 5.83. The molecule has 276 valence electrons. The predicted molar refractivity (Wildman–Crippen MR) is 213 cm³/mol. The topological polar surface area (TPSA) is 132 Å². The molecule has 0 aliphatic rings. The zero-order valence-corrected chi connectivity index (χ0v) is 31.0. The highest BCUT2D eigenvalue weighted by Gasteiger charge is 2.26. The van der Waals surface area contributed by atoms with Gasteiger partial charge in [0.1, 0.15) is 27.9 Å². The van der Waals surface area contributed by atoms with E-state index in [1.54, 1.807) is 61.5 Å². The Morgan fingerprint density at radius 2 is 1.53 bits per heavy atom. The minimum absolute atomic E-state index is 0.0459. The monoisotopic (exact) mass is 752 g/mol.